The summed E-state index contributed by atoms with van der Waals surface area (Å²) in [6, 6.07) is 11.7. The summed E-state index contributed by atoms with van der Waals surface area (Å²) in [5.41, 5.74) is 1.49. The van der Waals surface area contributed by atoms with Crippen molar-refractivity contribution >= 4 is 5.91 Å². The number of halogens is 1. The van der Waals surface area contributed by atoms with Gasteiger partial charge in [-0.05, 0) is 42.8 Å². The third-order valence-corrected chi connectivity index (χ3v) is 6.51. The molecule has 11 heteroatoms. The third kappa shape index (κ3) is 7.84. The fourth-order valence-electron chi connectivity index (χ4n) is 4.33. The number of amides is 1. The van der Waals surface area contributed by atoms with Crippen LogP contribution in [0.25, 0.3) is 11.4 Å². The van der Waals surface area contributed by atoms with Gasteiger partial charge < -0.3 is 24.1 Å². The van der Waals surface area contributed by atoms with Crippen LogP contribution in [-0.4, -0.2) is 84.0 Å². The van der Waals surface area contributed by atoms with Crippen molar-refractivity contribution in [1.82, 2.24) is 25.0 Å². The molecule has 10 nitrogen and oxygen atoms in total. The molecule has 4 rings (SSSR count). The summed E-state index contributed by atoms with van der Waals surface area (Å²) < 4.78 is 29.5. The van der Waals surface area contributed by atoms with Crippen molar-refractivity contribution in [3.63, 3.8) is 0 Å². The quantitative estimate of drug-likeness (QED) is 0.350. The Kier molecular flexibility index (Phi) is 9.98. The number of aromatic nitrogens is 3. The van der Waals surface area contributed by atoms with Gasteiger partial charge in [0.2, 0.25) is 5.91 Å². The molecule has 2 aromatic carbocycles. The highest BCUT2D eigenvalue weighted by molar-refractivity contribution is 5.76. The van der Waals surface area contributed by atoms with Crippen molar-refractivity contribution in [1.29, 1.82) is 0 Å². The van der Waals surface area contributed by atoms with Gasteiger partial charge in [0, 0.05) is 57.7 Å². The van der Waals surface area contributed by atoms with E-state index in [1.54, 1.807) is 35.2 Å². The Morgan fingerprint density at radius 1 is 1.03 bits per heavy atom. The van der Waals surface area contributed by atoms with E-state index in [0.29, 0.717) is 55.8 Å². The third-order valence-electron chi connectivity index (χ3n) is 6.51. The zero-order valence-electron chi connectivity index (χ0n) is 22.3. The number of aromatic amines is 1. The molecule has 1 N–H and O–H groups in total. The van der Waals surface area contributed by atoms with E-state index < -0.39 is 0 Å². The van der Waals surface area contributed by atoms with Gasteiger partial charge in [0.15, 0.2) is 17.3 Å². The number of ether oxygens (including phenoxy) is 3. The normalized spacial score (nSPS) is 13.9. The van der Waals surface area contributed by atoms with Crippen molar-refractivity contribution in [2.45, 2.75) is 26.3 Å². The lowest BCUT2D eigenvalue weighted by atomic mass is 10.1. The number of aryl methyl sites for hydroxylation is 1. The number of methoxy groups -OCH3 is 1. The Balaban J connectivity index is 1.28. The number of H-pyrrole nitrogens is 1. The van der Waals surface area contributed by atoms with Crippen LogP contribution in [0.4, 0.5) is 4.39 Å². The number of carbonyl (C=O) groups is 1. The molecule has 0 unspecified atom stereocenters. The highest BCUT2D eigenvalue weighted by atomic mass is 19.1. The van der Waals surface area contributed by atoms with E-state index in [1.807, 2.05) is 6.92 Å². The van der Waals surface area contributed by atoms with Crippen LogP contribution in [0, 0.1) is 5.82 Å². The van der Waals surface area contributed by atoms with Crippen LogP contribution in [0.15, 0.2) is 47.3 Å². The highest BCUT2D eigenvalue weighted by Gasteiger charge is 2.21. The molecule has 0 saturated carbocycles. The minimum absolute atomic E-state index is 0.0219. The smallest absolute Gasteiger partial charge is 0.273 e. The van der Waals surface area contributed by atoms with Gasteiger partial charge in [-0.1, -0.05) is 12.1 Å². The lowest BCUT2D eigenvalue weighted by Gasteiger charge is -2.34. The van der Waals surface area contributed by atoms with Crippen LogP contribution in [-0.2, 0) is 22.5 Å². The monoisotopic (exact) mass is 539 g/mol. The Labute approximate surface area is 226 Å². The molecule has 1 aliphatic heterocycles. The number of piperazine rings is 1. The van der Waals surface area contributed by atoms with Crippen molar-refractivity contribution in [2.24, 2.45) is 0 Å². The minimum Gasteiger partial charge on any atom is -0.493 e. The van der Waals surface area contributed by atoms with Crippen LogP contribution in [0.3, 0.4) is 0 Å². The Morgan fingerprint density at radius 3 is 2.49 bits per heavy atom. The molecule has 0 radical (unpaired) electrons. The number of hydrogen-bond acceptors (Lipinski definition) is 8. The van der Waals surface area contributed by atoms with Gasteiger partial charge in [0.1, 0.15) is 18.1 Å². The molecule has 1 fully saturated rings. The van der Waals surface area contributed by atoms with Gasteiger partial charge in [-0.2, -0.15) is 0 Å². The molecule has 0 bridgehead atoms. The van der Waals surface area contributed by atoms with Crippen LogP contribution < -0.4 is 15.0 Å². The van der Waals surface area contributed by atoms with Crippen molar-refractivity contribution < 1.29 is 23.4 Å². The average molecular weight is 540 g/mol. The van der Waals surface area contributed by atoms with Crippen molar-refractivity contribution in [2.75, 3.05) is 53.1 Å². The molecule has 2 heterocycles. The molecular weight excluding hydrogens is 505 g/mol. The zero-order chi connectivity index (χ0) is 27.6. The van der Waals surface area contributed by atoms with Crippen LogP contribution in [0.1, 0.15) is 24.6 Å². The van der Waals surface area contributed by atoms with Crippen molar-refractivity contribution in [3.05, 3.63) is 69.9 Å². The van der Waals surface area contributed by atoms with E-state index in [2.05, 4.69) is 20.1 Å². The van der Waals surface area contributed by atoms with Crippen LogP contribution >= 0.6 is 0 Å². The first-order valence-corrected chi connectivity index (χ1v) is 13.1. The maximum Gasteiger partial charge on any atom is 0.273 e. The molecule has 39 heavy (non-hydrogen) atoms. The summed E-state index contributed by atoms with van der Waals surface area (Å²) in [6.07, 6.45) is 0.379. The maximum absolute atomic E-state index is 13.1. The predicted octanol–water partition coefficient (Wildman–Crippen LogP) is 2.67. The molecule has 1 aromatic heterocycles. The second-order valence-corrected chi connectivity index (χ2v) is 9.14. The van der Waals surface area contributed by atoms with Gasteiger partial charge in [-0.3, -0.25) is 14.5 Å². The lowest BCUT2D eigenvalue weighted by molar-refractivity contribution is -0.133. The largest absolute Gasteiger partial charge is 0.493 e. The maximum atomic E-state index is 13.1. The summed E-state index contributed by atoms with van der Waals surface area (Å²) in [5, 5.41) is 8.27. The number of benzene rings is 2. The summed E-state index contributed by atoms with van der Waals surface area (Å²) in [7, 11) is 1.54. The Bertz CT molecular complexity index is 1290. The Morgan fingerprint density at radius 2 is 1.79 bits per heavy atom. The second-order valence-electron chi connectivity index (χ2n) is 9.14. The summed E-state index contributed by atoms with van der Waals surface area (Å²) in [6.45, 7) is 6.79. The van der Waals surface area contributed by atoms with E-state index in [4.69, 9.17) is 14.2 Å². The summed E-state index contributed by atoms with van der Waals surface area (Å²) in [5.74, 6) is 1.08. The lowest BCUT2D eigenvalue weighted by Crippen LogP contribution is -2.48. The first-order valence-electron chi connectivity index (χ1n) is 13.1. The topological polar surface area (TPSA) is 110 Å². The molecule has 0 spiro atoms. The van der Waals surface area contributed by atoms with Gasteiger partial charge in [0.05, 0.1) is 13.7 Å². The van der Waals surface area contributed by atoms with Gasteiger partial charge in [-0.25, -0.2) is 4.39 Å². The summed E-state index contributed by atoms with van der Waals surface area (Å²) in [4.78, 5) is 32.2. The van der Waals surface area contributed by atoms with E-state index in [9.17, 15) is 14.0 Å². The van der Waals surface area contributed by atoms with Crippen LogP contribution in [0.2, 0.25) is 0 Å². The molecule has 0 aliphatic carbocycles. The molecule has 208 valence electrons. The molecule has 0 atom stereocenters. The fourth-order valence-corrected chi connectivity index (χ4v) is 4.33. The number of nitrogens with zero attached hydrogens (tertiary/aromatic N) is 4. The van der Waals surface area contributed by atoms with E-state index in [0.717, 1.165) is 25.2 Å². The second kappa shape index (κ2) is 13.8. The molecule has 1 amide bonds. The minimum atomic E-state index is -0.382. The van der Waals surface area contributed by atoms with Gasteiger partial charge >= 0.3 is 0 Å². The SMILES string of the molecule is CCOCCOc1ccc(-c2nnc(CCC(=O)N3CCN(Cc4ccc(F)cc4)CC3)c(=O)[nH]2)cc1OC. The predicted molar refractivity (Wildman–Crippen MR) is 143 cm³/mol. The number of rotatable bonds is 12. The number of nitrogens with one attached hydrogen (secondary N) is 1. The van der Waals surface area contributed by atoms with Gasteiger partial charge in [-0.15, -0.1) is 10.2 Å². The highest BCUT2D eigenvalue weighted by Crippen LogP contribution is 2.31. The number of carbonyl (C=O) groups excluding carboxylic acids is 1. The summed E-state index contributed by atoms with van der Waals surface area (Å²) >= 11 is 0. The first kappa shape index (κ1) is 28.2. The van der Waals surface area contributed by atoms with Crippen LogP contribution in [0.5, 0.6) is 11.5 Å². The fraction of sp³-hybridized carbons (Fsp3) is 0.429. The average Bonchev–Trinajstić information content (AvgIpc) is 2.96. The number of hydrogen-bond donors (Lipinski definition) is 1. The van der Waals surface area contributed by atoms with Gasteiger partial charge in [0.25, 0.3) is 5.56 Å². The molecular formula is C28H34FN5O5. The molecule has 1 aliphatic rings. The zero-order valence-corrected chi connectivity index (χ0v) is 22.3. The van der Waals surface area contributed by atoms with E-state index in [1.165, 1.54) is 19.2 Å². The standard InChI is InChI=1S/C28H34FN5O5/c1-3-38-16-17-39-24-10-6-21(18-25(24)37-2)27-30-28(36)23(31-32-27)9-11-26(35)34-14-12-33(13-15-34)19-20-4-7-22(29)8-5-20/h4-8,10,18H,3,9,11-17,19H2,1-2H3,(H,30,32,36). The van der Waals surface area contributed by atoms with E-state index in [-0.39, 0.29) is 35.8 Å². The molecule has 3 aromatic rings. The molecule has 1 saturated heterocycles. The Hall–Kier alpha value is -3.83. The van der Waals surface area contributed by atoms with Crippen molar-refractivity contribution in [3.8, 4) is 22.9 Å². The van der Waals surface area contributed by atoms with E-state index >= 15 is 0 Å². The first-order chi connectivity index (χ1) is 19.0.